The van der Waals surface area contributed by atoms with E-state index in [1.54, 1.807) is 24.3 Å². The van der Waals surface area contributed by atoms with E-state index in [4.69, 9.17) is 20.7 Å². The topological polar surface area (TPSA) is 335 Å². The van der Waals surface area contributed by atoms with Crippen molar-refractivity contribution in [1.82, 2.24) is 36.2 Å². The number of likely N-dealkylation sites (N-methyl/N-ethyl adjacent to an activating group) is 1. The first kappa shape index (κ1) is 75.9. The molecule has 1 aliphatic heterocycles. The van der Waals surface area contributed by atoms with Gasteiger partial charge in [0.15, 0.2) is 17.7 Å². The molecule has 2 aliphatic rings. The van der Waals surface area contributed by atoms with E-state index >= 15 is 0 Å². The molecule has 0 spiro atoms. The lowest BCUT2D eigenvalue weighted by atomic mass is 9.84. The van der Waals surface area contributed by atoms with Gasteiger partial charge in [-0.15, -0.1) is 29.6 Å². The van der Waals surface area contributed by atoms with Crippen molar-refractivity contribution in [2.45, 2.75) is 207 Å². The van der Waals surface area contributed by atoms with Crippen molar-refractivity contribution < 1.29 is 77.3 Å². The van der Waals surface area contributed by atoms with Crippen molar-refractivity contribution in [3.05, 3.63) is 45.9 Å². The van der Waals surface area contributed by atoms with Crippen LogP contribution in [0.15, 0.2) is 29.6 Å². The molecule has 1 unspecified atom stereocenters. The molecule has 1 aromatic heterocycles. The molecule has 25 heteroatoms. The minimum atomic E-state index is -1.33. The van der Waals surface area contributed by atoms with Crippen molar-refractivity contribution in [2.75, 3.05) is 45.2 Å². The van der Waals surface area contributed by atoms with Gasteiger partial charge in [0, 0.05) is 74.9 Å². The Hall–Kier alpha value is -7.58. The fraction of sp³-hybridized carbons (Fsp3) is 0.636. The molecule has 24 nitrogen and oxygen atoms in total. The van der Waals surface area contributed by atoms with Crippen LogP contribution in [0.1, 0.15) is 191 Å². The van der Waals surface area contributed by atoms with Gasteiger partial charge in [0.05, 0.1) is 37.2 Å². The predicted molar refractivity (Wildman–Crippen MR) is 339 cm³/mol. The highest BCUT2D eigenvalue weighted by Gasteiger charge is 2.40. The average Bonchev–Trinajstić information content (AvgIpc) is 1.91. The number of hydrogen-bond donors (Lipinski definition) is 7. The minimum Gasteiger partial charge on any atom is -0.481 e. The highest BCUT2D eigenvalue weighted by molar-refractivity contribution is 7.09. The zero-order valence-corrected chi connectivity index (χ0v) is 54.8. The summed E-state index contributed by atoms with van der Waals surface area (Å²) in [7, 11) is 1.89. The minimum absolute atomic E-state index is 0.0162. The number of terminal acetylenes is 1. The molecule has 1 aliphatic carbocycles. The highest BCUT2D eigenvalue weighted by Crippen LogP contribution is 2.33. The Bertz CT molecular complexity index is 2910. The molecule has 6 amide bonds. The molecule has 0 saturated carbocycles. The van der Waals surface area contributed by atoms with Gasteiger partial charge in [-0.1, -0.05) is 65.0 Å². The number of likely N-dealkylation sites (tertiary alicyclic amines) is 1. The third-order valence-corrected chi connectivity index (χ3v) is 17.0. The van der Waals surface area contributed by atoms with Gasteiger partial charge in [-0.25, -0.2) is 10.0 Å². The van der Waals surface area contributed by atoms with Gasteiger partial charge in [-0.05, 0) is 115 Å². The van der Waals surface area contributed by atoms with Gasteiger partial charge in [-0.3, -0.25) is 62.5 Å². The summed E-state index contributed by atoms with van der Waals surface area (Å²) in [6, 6.07) is 3.48. The molecule has 1 fully saturated rings. The number of carbonyl (C=O) groups excluding carboxylic acids is 9. The number of carbonyl (C=O) groups is 11. The van der Waals surface area contributed by atoms with Crippen LogP contribution in [0, 0.1) is 47.4 Å². The lowest BCUT2D eigenvalue weighted by Gasteiger charge is -2.39. The number of ketones is 2. The summed E-state index contributed by atoms with van der Waals surface area (Å²) in [4.78, 5) is 157. The number of rotatable bonds is 39. The summed E-state index contributed by atoms with van der Waals surface area (Å²) < 4.78 is 11.5. The maximum atomic E-state index is 14.9. The van der Waals surface area contributed by atoms with E-state index in [0.717, 1.165) is 56.4 Å². The molecule has 1 aromatic carbocycles. The van der Waals surface area contributed by atoms with Gasteiger partial charge in [0.1, 0.15) is 29.5 Å². The Morgan fingerprint density at radius 1 is 0.901 bits per heavy atom. The number of anilines is 1. The molecular formula is C66H94N8O16S. The van der Waals surface area contributed by atoms with Crippen LogP contribution >= 0.6 is 11.3 Å². The molecule has 1 saturated heterocycles. The lowest BCUT2D eigenvalue weighted by Crippen LogP contribution is -2.58. The number of Topliss-reactive ketones (excluding diaryl/α,β-unsaturated/α-hetero) is 2. The molecular weight excluding hydrogens is 1190 g/mol. The number of esters is 1. The van der Waals surface area contributed by atoms with Crippen molar-refractivity contribution in [2.24, 2.45) is 23.2 Å². The van der Waals surface area contributed by atoms with Gasteiger partial charge in [0.2, 0.25) is 23.6 Å². The van der Waals surface area contributed by atoms with Crippen molar-refractivity contribution >= 4 is 81.9 Å². The first-order valence-electron chi connectivity index (χ1n) is 31.6. The third-order valence-electron chi connectivity index (χ3n) is 16.1. The SMILES string of the molecule is C#CCCCON(C(=O)[C@@H](NC(=O)[C@H]1CCCCN1C)[C@@H](C)CC)[C@H](C[C@@H](OC(C)=O)c1nc(C(=O)N[C@@H](Cc2ccc(NC(=O)[C@H](CCC(=O)O)CC(=O)CNC(=O)CCC(=O)CNC(=O)COC3C#CCCCCC3)cc2)CC(C)(C)C(=O)O)cs1)C(C)C. The van der Waals surface area contributed by atoms with E-state index in [0.29, 0.717) is 37.7 Å². The molecule has 7 N–H and O–H groups in total. The van der Waals surface area contributed by atoms with E-state index in [9.17, 15) is 63.0 Å². The number of carboxylic acid groups (broad SMARTS) is 2. The van der Waals surface area contributed by atoms with Crippen LogP contribution in [0.5, 0.6) is 0 Å². The van der Waals surface area contributed by atoms with Crippen molar-refractivity contribution in [3.63, 3.8) is 0 Å². The van der Waals surface area contributed by atoms with Gasteiger partial charge in [0.25, 0.3) is 11.8 Å². The number of carboxylic acids is 2. The second-order valence-electron chi connectivity index (χ2n) is 24.5. The number of unbranched alkanes of at least 4 members (excludes halogenated alkanes) is 1. The summed E-state index contributed by atoms with van der Waals surface area (Å²) >= 11 is 1.05. The second-order valence-corrected chi connectivity index (χ2v) is 25.4. The number of amides is 6. The molecule has 91 heavy (non-hydrogen) atoms. The van der Waals surface area contributed by atoms with Gasteiger partial charge < -0.3 is 46.3 Å². The first-order chi connectivity index (χ1) is 43.2. The van der Waals surface area contributed by atoms with Crippen LogP contribution in [0.25, 0.3) is 0 Å². The molecule has 0 radical (unpaired) electrons. The number of ether oxygens (including phenoxy) is 2. The standard InChI is InChI=1S/C66H94N8O16S/c1-10-12-20-33-89-74(64(85)59(43(5)11-2)72-62(84)53-23-18-19-32-73(53)9)54(42(3)4)36-55(90-44(6)75)63-71-52(41-91-63)61(83)70-48(37-66(7,8)65(86)87)34-45-24-27-47(28-25-45)69-60(82)46(26-31-58(80)81)35-50(77)39-67-56(78)30-29-49(76)38-68-57(79)40-88-51-21-16-14-13-15-17-22-51/h1,24-25,27-28,41-43,46,48,51,53-55,59H,11-16,18-21,23,26,29-40H2,2-9H3,(H,67,78)(H,68,79)(H,69,82)(H,70,83)(H,72,84)(H,80,81)(H,86,87)/t43-,46+,48-,51?,53+,54+,55+,59-/m0/s1. The Labute approximate surface area is 538 Å². The fourth-order valence-corrected chi connectivity index (χ4v) is 11.3. The number of piperidine rings is 1. The van der Waals surface area contributed by atoms with Gasteiger partial charge >= 0.3 is 17.9 Å². The van der Waals surface area contributed by atoms with E-state index in [2.05, 4.69) is 49.3 Å². The maximum Gasteiger partial charge on any atom is 0.309 e. The Balaban J connectivity index is 1.43. The molecule has 2 aromatic rings. The van der Waals surface area contributed by atoms with Crippen LogP contribution in [0.4, 0.5) is 5.69 Å². The number of aliphatic carboxylic acids is 2. The Morgan fingerprint density at radius 3 is 2.26 bits per heavy atom. The van der Waals surface area contributed by atoms with E-state index in [1.807, 2.05) is 39.6 Å². The zero-order valence-electron chi connectivity index (χ0n) is 54.0. The van der Waals surface area contributed by atoms with Crippen LogP contribution in [-0.2, 0) is 68.7 Å². The first-order valence-corrected chi connectivity index (χ1v) is 32.4. The Kier molecular flexibility index (Phi) is 32.5. The summed E-state index contributed by atoms with van der Waals surface area (Å²) in [6.45, 7) is 11.6. The normalized spacial score (nSPS) is 17.1. The molecule has 500 valence electrons. The summed E-state index contributed by atoms with van der Waals surface area (Å²) in [5.41, 5.74) is -0.479. The fourth-order valence-electron chi connectivity index (χ4n) is 10.4. The van der Waals surface area contributed by atoms with Crippen LogP contribution in [0.3, 0.4) is 0 Å². The number of benzene rings is 1. The zero-order chi connectivity index (χ0) is 67.2. The van der Waals surface area contributed by atoms with Crippen LogP contribution < -0.4 is 26.6 Å². The van der Waals surface area contributed by atoms with Gasteiger partial charge in [-0.2, -0.15) is 0 Å². The van der Waals surface area contributed by atoms with E-state index in [-0.39, 0.29) is 98.5 Å². The van der Waals surface area contributed by atoms with E-state index < -0.39 is 120 Å². The average molecular weight is 1290 g/mol. The largest absolute Gasteiger partial charge is 0.481 e. The summed E-state index contributed by atoms with van der Waals surface area (Å²) in [5.74, 6) is -0.225. The number of nitrogens with zero attached hydrogens (tertiary/aromatic N) is 3. The monoisotopic (exact) mass is 1290 g/mol. The summed E-state index contributed by atoms with van der Waals surface area (Å²) in [6.07, 6.45) is 11.0. The molecule has 8 atom stereocenters. The van der Waals surface area contributed by atoms with Crippen LogP contribution in [-0.4, -0.2) is 160 Å². The van der Waals surface area contributed by atoms with Crippen molar-refractivity contribution in [3.8, 4) is 24.2 Å². The third kappa shape index (κ3) is 27.0. The number of thiazole rings is 1. The summed E-state index contributed by atoms with van der Waals surface area (Å²) in [5, 5.41) is 36.2. The molecule has 0 bridgehead atoms. The quantitative estimate of drug-likeness (QED) is 0.0162. The Morgan fingerprint density at radius 2 is 1.60 bits per heavy atom. The number of aromatic nitrogens is 1. The molecule has 2 heterocycles. The van der Waals surface area contributed by atoms with Crippen molar-refractivity contribution in [1.29, 1.82) is 0 Å². The smallest absolute Gasteiger partial charge is 0.309 e. The van der Waals surface area contributed by atoms with Crippen LogP contribution in [0.2, 0.25) is 0 Å². The number of nitrogens with one attached hydrogen (secondary N) is 5. The molecule has 4 rings (SSSR count). The number of hydrogen-bond acceptors (Lipinski definition) is 17. The second kappa shape index (κ2) is 39.0. The van der Waals surface area contributed by atoms with E-state index in [1.165, 1.54) is 31.2 Å². The predicted octanol–water partition coefficient (Wildman–Crippen LogP) is 6.51. The lowest BCUT2D eigenvalue weighted by molar-refractivity contribution is -0.213. The highest BCUT2D eigenvalue weighted by atomic mass is 32.1. The maximum absolute atomic E-state index is 14.9. The number of hydroxylamine groups is 2.